The van der Waals surface area contributed by atoms with Gasteiger partial charge in [0, 0.05) is 53.5 Å². The third-order valence-corrected chi connectivity index (χ3v) is 5.07. The number of carbonyl (C=O) groups excluding carboxylic acids is 1. The van der Waals surface area contributed by atoms with Crippen molar-refractivity contribution in [3.8, 4) is 16.9 Å². The molecule has 0 atom stereocenters. The van der Waals surface area contributed by atoms with Crippen LogP contribution in [0, 0.1) is 0 Å². The number of hydrogen-bond acceptors (Lipinski definition) is 5. The van der Waals surface area contributed by atoms with Crippen LogP contribution in [0.4, 0.5) is 5.69 Å². The molecular formula is C22H19N5O3. The summed E-state index contributed by atoms with van der Waals surface area (Å²) in [4.78, 5) is 31.5. The van der Waals surface area contributed by atoms with Gasteiger partial charge in [-0.15, -0.1) is 0 Å². The van der Waals surface area contributed by atoms with Crippen LogP contribution in [0.5, 0.6) is 5.75 Å². The van der Waals surface area contributed by atoms with E-state index in [2.05, 4.69) is 20.4 Å². The van der Waals surface area contributed by atoms with Gasteiger partial charge in [-0.2, -0.15) is 5.10 Å². The van der Waals surface area contributed by atoms with Crippen molar-refractivity contribution < 1.29 is 9.53 Å². The normalized spacial score (nSPS) is 14.3. The zero-order chi connectivity index (χ0) is 20.9. The van der Waals surface area contributed by atoms with Crippen LogP contribution in [-0.2, 0) is 6.42 Å². The van der Waals surface area contributed by atoms with Crippen molar-refractivity contribution in [3.05, 3.63) is 76.6 Å². The van der Waals surface area contributed by atoms with Gasteiger partial charge < -0.3 is 15.0 Å². The number of nitrogens with zero attached hydrogens (tertiary/aromatic N) is 3. The SMILES string of the molecule is CC1(C)Cc2cc(NC(=O)c3cnn4cccnc34)c(-c3ccc(=O)[nH]c3)cc2O1. The molecular weight excluding hydrogens is 382 g/mol. The molecule has 0 aliphatic carbocycles. The summed E-state index contributed by atoms with van der Waals surface area (Å²) in [6, 6.07) is 8.75. The second-order valence-electron chi connectivity index (χ2n) is 7.89. The van der Waals surface area contributed by atoms with Crippen molar-refractivity contribution in [1.82, 2.24) is 19.6 Å². The van der Waals surface area contributed by atoms with Gasteiger partial charge in [0.25, 0.3) is 5.91 Å². The molecule has 2 N–H and O–H groups in total. The highest BCUT2D eigenvalue weighted by atomic mass is 16.5. The molecule has 0 saturated carbocycles. The number of aromatic nitrogens is 4. The Morgan fingerprint density at radius 2 is 2.17 bits per heavy atom. The molecule has 3 aromatic heterocycles. The Kier molecular flexibility index (Phi) is 3.95. The number of nitrogens with one attached hydrogen (secondary N) is 2. The van der Waals surface area contributed by atoms with Crippen molar-refractivity contribution in [2.45, 2.75) is 25.9 Å². The van der Waals surface area contributed by atoms with Crippen LogP contribution in [0.1, 0.15) is 29.8 Å². The summed E-state index contributed by atoms with van der Waals surface area (Å²) in [6.07, 6.45) is 7.21. The topological polar surface area (TPSA) is 101 Å². The van der Waals surface area contributed by atoms with Crippen LogP contribution in [-0.4, -0.2) is 31.1 Å². The first-order valence-corrected chi connectivity index (χ1v) is 9.54. The molecule has 8 nitrogen and oxygen atoms in total. The average Bonchev–Trinajstić information content (AvgIpc) is 3.27. The maximum absolute atomic E-state index is 13.1. The fraction of sp³-hybridized carbons (Fsp3) is 0.182. The van der Waals surface area contributed by atoms with Crippen LogP contribution in [0.25, 0.3) is 16.8 Å². The van der Waals surface area contributed by atoms with Gasteiger partial charge in [-0.05, 0) is 38.1 Å². The standard InChI is InChI=1S/C22H19N5O3/c1-22(2)10-14-8-17(15(9-18(14)30-22)13-4-5-19(28)24-11-13)26-21(29)16-12-25-27-7-3-6-23-20(16)27/h3-9,11-12H,10H2,1-2H3,(H,24,28)(H,26,29). The lowest BCUT2D eigenvalue weighted by atomic mass is 9.97. The molecule has 0 spiro atoms. The maximum Gasteiger partial charge on any atom is 0.261 e. The number of aromatic amines is 1. The van der Waals surface area contributed by atoms with Gasteiger partial charge in [0.1, 0.15) is 16.9 Å². The Morgan fingerprint density at radius 3 is 2.97 bits per heavy atom. The summed E-state index contributed by atoms with van der Waals surface area (Å²) in [7, 11) is 0. The number of anilines is 1. The van der Waals surface area contributed by atoms with Crippen molar-refractivity contribution in [3.63, 3.8) is 0 Å². The molecule has 0 saturated heterocycles. The van der Waals surface area contributed by atoms with E-state index in [1.165, 1.54) is 12.3 Å². The second kappa shape index (κ2) is 6.55. The highest BCUT2D eigenvalue weighted by Crippen LogP contribution is 2.41. The molecule has 8 heteroatoms. The first-order valence-electron chi connectivity index (χ1n) is 9.54. The molecule has 150 valence electrons. The number of ether oxygens (including phenoxy) is 1. The number of rotatable bonds is 3. The van der Waals surface area contributed by atoms with Gasteiger partial charge in [0.15, 0.2) is 5.65 Å². The number of amides is 1. The minimum absolute atomic E-state index is 0.194. The lowest BCUT2D eigenvalue weighted by Crippen LogP contribution is -2.24. The lowest BCUT2D eigenvalue weighted by molar-refractivity contribution is 0.102. The van der Waals surface area contributed by atoms with E-state index in [1.54, 1.807) is 35.2 Å². The molecule has 0 fully saturated rings. The van der Waals surface area contributed by atoms with Crippen molar-refractivity contribution in [2.24, 2.45) is 0 Å². The fourth-order valence-electron chi connectivity index (χ4n) is 3.75. The molecule has 5 rings (SSSR count). The summed E-state index contributed by atoms with van der Waals surface area (Å²) in [5, 5.41) is 7.18. The summed E-state index contributed by atoms with van der Waals surface area (Å²) < 4.78 is 7.61. The van der Waals surface area contributed by atoms with E-state index in [0.29, 0.717) is 16.9 Å². The zero-order valence-electron chi connectivity index (χ0n) is 16.5. The summed E-state index contributed by atoms with van der Waals surface area (Å²) in [5.74, 6) is 0.462. The zero-order valence-corrected chi connectivity index (χ0v) is 16.5. The molecule has 0 unspecified atom stereocenters. The van der Waals surface area contributed by atoms with E-state index >= 15 is 0 Å². The van der Waals surface area contributed by atoms with Crippen molar-refractivity contribution in [1.29, 1.82) is 0 Å². The predicted octanol–water partition coefficient (Wildman–Crippen LogP) is 3.05. The van der Waals surface area contributed by atoms with E-state index in [1.807, 2.05) is 26.0 Å². The van der Waals surface area contributed by atoms with Gasteiger partial charge >= 0.3 is 0 Å². The quantitative estimate of drug-likeness (QED) is 0.549. The molecule has 4 heterocycles. The van der Waals surface area contributed by atoms with Crippen LogP contribution >= 0.6 is 0 Å². The van der Waals surface area contributed by atoms with Crippen molar-refractivity contribution >= 4 is 17.2 Å². The number of H-pyrrole nitrogens is 1. The first kappa shape index (κ1) is 18.1. The third-order valence-electron chi connectivity index (χ3n) is 5.07. The van der Waals surface area contributed by atoms with Gasteiger partial charge in [-0.25, -0.2) is 9.50 Å². The van der Waals surface area contributed by atoms with Gasteiger partial charge in [-0.3, -0.25) is 9.59 Å². The summed E-state index contributed by atoms with van der Waals surface area (Å²) in [6.45, 7) is 4.05. The fourth-order valence-corrected chi connectivity index (χ4v) is 3.75. The van der Waals surface area contributed by atoms with E-state index in [4.69, 9.17) is 4.74 Å². The van der Waals surface area contributed by atoms with Crippen LogP contribution in [0.2, 0.25) is 0 Å². The second-order valence-corrected chi connectivity index (χ2v) is 7.89. The molecule has 0 radical (unpaired) electrons. The monoisotopic (exact) mass is 401 g/mol. The van der Waals surface area contributed by atoms with E-state index < -0.39 is 0 Å². The molecule has 1 aromatic carbocycles. The van der Waals surface area contributed by atoms with Crippen molar-refractivity contribution in [2.75, 3.05) is 5.32 Å². The predicted molar refractivity (Wildman–Crippen MR) is 112 cm³/mol. The molecule has 0 bridgehead atoms. The Bertz CT molecular complexity index is 1330. The maximum atomic E-state index is 13.1. The molecule has 4 aromatic rings. The van der Waals surface area contributed by atoms with Gasteiger partial charge in [0.05, 0.1) is 6.20 Å². The van der Waals surface area contributed by atoms with E-state index in [9.17, 15) is 9.59 Å². The summed E-state index contributed by atoms with van der Waals surface area (Å²) >= 11 is 0. The van der Waals surface area contributed by atoms with Crippen LogP contribution < -0.4 is 15.6 Å². The number of carbonyl (C=O) groups is 1. The number of fused-ring (bicyclic) bond motifs is 2. The Morgan fingerprint density at radius 1 is 1.30 bits per heavy atom. The van der Waals surface area contributed by atoms with Gasteiger partial charge in [-0.1, -0.05) is 0 Å². The van der Waals surface area contributed by atoms with E-state index in [-0.39, 0.29) is 17.1 Å². The van der Waals surface area contributed by atoms with E-state index in [0.717, 1.165) is 28.9 Å². The van der Waals surface area contributed by atoms with Crippen LogP contribution in [0.3, 0.4) is 0 Å². The highest BCUT2D eigenvalue weighted by molar-refractivity contribution is 6.09. The minimum atomic E-state index is -0.320. The number of hydrogen-bond donors (Lipinski definition) is 2. The Labute approximate surface area is 171 Å². The highest BCUT2D eigenvalue weighted by Gasteiger charge is 2.31. The lowest BCUT2D eigenvalue weighted by Gasteiger charge is -2.17. The average molecular weight is 401 g/mol. The molecule has 30 heavy (non-hydrogen) atoms. The smallest absolute Gasteiger partial charge is 0.261 e. The molecule has 1 aliphatic heterocycles. The Balaban J connectivity index is 1.59. The Hall–Kier alpha value is -3.94. The number of benzene rings is 1. The minimum Gasteiger partial charge on any atom is -0.487 e. The number of pyridine rings is 1. The molecule has 1 amide bonds. The largest absolute Gasteiger partial charge is 0.487 e. The third kappa shape index (κ3) is 3.12. The van der Waals surface area contributed by atoms with Gasteiger partial charge in [0.2, 0.25) is 5.56 Å². The first-order chi connectivity index (χ1) is 14.4. The molecule has 1 aliphatic rings. The van der Waals surface area contributed by atoms with Crippen LogP contribution in [0.15, 0.2) is 59.9 Å². The summed E-state index contributed by atoms with van der Waals surface area (Å²) in [5.41, 5.74) is 3.49.